The van der Waals surface area contributed by atoms with Crippen molar-refractivity contribution in [1.82, 2.24) is 4.57 Å². The van der Waals surface area contributed by atoms with Gasteiger partial charge in [-0.25, -0.2) is 0 Å². The predicted molar refractivity (Wildman–Crippen MR) is 59.8 cm³/mol. The Morgan fingerprint density at radius 2 is 2.29 bits per heavy atom. The minimum absolute atomic E-state index is 0.618. The first-order valence-corrected chi connectivity index (χ1v) is 5.59. The first kappa shape index (κ1) is 8.37. The van der Waals surface area contributed by atoms with Crippen molar-refractivity contribution in [2.24, 2.45) is 0 Å². The van der Waals surface area contributed by atoms with Crippen molar-refractivity contribution in [2.75, 3.05) is 0 Å². The first-order valence-electron chi connectivity index (χ1n) is 5.06. The third-order valence-electron chi connectivity index (χ3n) is 3.05. The van der Waals surface area contributed by atoms with Crippen molar-refractivity contribution < 1.29 is 0 Å². The average molecular weight is 206 g/mol. The Bertz CT molecular complexity index is 484. The molecule has 72 valence electrons. The van der Waals surface area contributed by atoms with Gasteiger partial charge in [0.25, 0.3) is 0 Å². The van der Waals surface area contributed by atoms with E-state index >= 15 is 0 Å². The number of hydrogen-bond donors (Lipinski definition) is 0. The molecule has 1 nitrogen and oxygen atoms in total. The highest BCUT2D eigenvalue weighted by molar-refractivity contribution is 6.18. The third-order valence-corrected chi connectivity index (χ3v) is 3.34. The summed E-state index contributed by atoms with van der Waals surface area (Å²) in [6, 6.07) is 6.55. The van der Waals surface area contributed by atoms with Crippen LogP contribution >= 0.6 is 11.6 Å². The van der Waals surface area contributed by atoms with Crippen molar-refractivity contribution >= 4 is 22.5 Å². The maximum atomic E-state index is 5.94. The van der Waals surface area contributed by atoms with E-state index in [4.69, 9.17) is 11.6 Å². The Balaban J connectivity index is 2.42. The summed E-state index contributed by atoms with van der Waals surface area (Å²) in [5.41, 5.74) is 4.16. The van der Waals surface area contributed by atoms with Gasteiger partial charge in [0.15, 0.2) is 0 Å². The van der Waals surface area contributed by atoms with Gasteiger partial charge < -0.3 is 4.57 Å². The number of para-hydroxylation sites is 1. The van der Waals surface area contributed by atoms with Gasteiger partial charge in [0.2, 0.25) is 0 Å². The van der Waals surface area contributed by atoms with Crippen LogP contribution in [-0.2, 0) is 18.8 Å². The van der Waals surface area contributed by atoms with Crippen LogP contribution in [0.2, 0.25) is 0 Å². The highest BCUT2D eigenvalue weighted by atomic mass is 35.5. The number of alkyl halides is 1. The highest BCUT2D eigenvalue weighted by Gasteiger charge is 2.14. The molecule has 1 aromatic heterocycles. The zero-order valence-electron chi connectivity index (χ0n) is 7.96. The molecule has 2 heteroatoms. The van der Waals surface area contributed by atoms with E-state index in [2.05, 4.69) is 29.0 Å². The molecule has 0 amide bonds. The van der Waals surface area contributed by atoms with Gasteiger partial charge in [0.05, 0.1) is 5.52 Å². The van der Waals surface area contributed by atoms with Crippen LogP contribution in [0.25, 0.3) is 10.9 Å². The highest BCUT2D eigenvalue weighted by Crippen LogP contribution is 2.29. The second-order valence-electron chi connectivity index (χ2n) is 3.90. The van der Waals surface area contributed by atoms with Crippen LogP contribution in [0.5, 0.6) is 0 Å². The fourth-order valence-corrected chi connectivity index (χ4v) is 2.65. The molecule has 0 radical (unpaired) electrons. The van der Waals surface area contributed by atoms with Crippen LogP contribution in [0.15, 0.2) is 24.4 Å². The van der Waals surface area contributed by atoms with E-state index in [1.165, 1.54) is 34.9 Å². The van der Waals surface area contributed by atoms with Gasteiger partial charge in [-0.2, -0.15) is 0 Å². The lowest BCUT2D eigenvalue weighted by Gasteiger charge is -2.14. The normalized spacial score (nSPS) is 14.9. The minimum atomic E-state index is 0.618. The molecule has 2 aromatic rings. The van der Waals surface area contributed by atoms with Crippen LogP contribution in [0.1, 0.15) is 17.5 Å². The zero-order chi connectivity index (χ0) is 9.54. The largest absolute Gasteiger partial charge is 0.347 e. The molecule has 2 heterocycles. The Kier molecular flexibility index (Phi) is 1.81. The SMILES string of the molecule is ClCc1cn2c3c(cccc13)CCC2. The minimum Gasteiger partial charge on any atom is -0.347 e. The molecule has 3 rings (SSSR count). The number of rotatable bonds is 1. The molecule has 0 aliphatic carbocycles. The van der Waals surface area contributed by atoms with Gasteiger partial charge in [-0.05, 0) is 24.0 Å². The molecule has 0 bridgehead atoms. The van der Waals surface area contributed by atoms with Crippen molar-refractivity contribution in [2.45, 2.75) is 25.3 Å². The molecule has 0 fully saturated rings. The summed E-state index contributed by atoms with van der Waals surface area (Å²) in [4.78, 5) is 0. The molecule has 1 aliphatic heterocycles. The predicted octanol–water partition coefficient (Wildman–Crippen LogP) is 3.33. The molecule has 1 aliphatic rings. The summed E-state index contributed by atoms with van der Waals surface area (Å²) in [6.45, 7) is 1.14. The lowest BCUT2D eigenvalue weighted by atomic mass is 10.0. The lowest BCUT2D eigenvalue weighted by molar-refractivity contribution is 0.635. The Labute approximate surface area is 88.3 Å². The summed E-state index contributed by atoms with van der Waals surface area (Å²) in [5.74, 6) is 0.618. The fourth-order valence-electron chi connectivity index (χ4n) is 2.44. The monoisotopic (exact) mass is 205 g/mol. The van der Waals surface area contributed by atoms with E-state index in [0.29, 0.717) is 5.88 Å². The fraction of sp³-hybridized carbons (Fsp3) is 0.333. The number of benzene rings is 1. The van der Waals surface area contributed by atoms with Crippen molar-refractivity contribution in [3.05, 3.63) is 35.5 Å². The second-order valence-corrected chi connectivity index (χ2v) is 4.17. The van der Waals surface area contributed by atoms with Crippen molar-refractivity contribution in [3.63, 3.8) is 0 Å². The van der Waals surface area contributed by atoms with Gasteiger partial charge >= 0.3 is 0 Å². The molecule has 0 N–H and O–H groups in total. The molecule has 0 saturated carbocycles. The Morgan fingerprint density at radius 3 is 3.14 bits per heavy atom. The Hall–Kier alpha value is -0.950. The summed E-state index contributed by atoms with van der Waals surface area (Å²) < 4.78 is 2.35. The van der Waals surface area contributed by atoms with Crippen LogP contribution in [-0.4, -0.2) is 4.57 Å². The third kappa shape index (κ3) is 1.02. The smallest absolute Gasteiger partial charge is 0.0516 e. The van der Waals surface area contributed by atoms with Gasteiger partial charge in [0, 0.05) is 24.0 Å². The van der Waals surface area contributed by atoms with Gasteiger partial charge in [-0.15, -0.1) is 11.6 Å². The van der Waals surface area contributed by atoms with Crippen molar-refractivity contribution in [1.29, 1.82) is 0 Å². The van der Waals surface area contributed by atoms with Gasteiger partial charge in [-0.3, -0.25) is 0 Å². The average Bonchev–Trinajstić information content (AvgIpc) is 2.60. The van der Waals surface area contributed by atoms with Crippen LogP contribution < -0.4 is 0 Å². The number of halogens is 1. The summed E-state index contributed by atoms with van der Waals surface area (Å²) in [6.07, 6.45) is 4.67. The van der Waals surface area contributed by atoms with E-state index in [-0.39, 0.29) is 0 Å². The lowest BCUT2D eigenvalue weighted by Crippen LogP contribution is -2.05. The van der Waals surface area contributed by atoms with Crippen LogP contribution in [0.4, 0.5) is 0 Å². The number of nitrogens with zero attached hydrogens (tertiary/aromatic N) is 1. The van der Waals surface area contributed by atoms with Crippen LogP contribution in [0.3, 0.4) is 0 Å². The van der Waals surface area contributed by atoms with Crippen molar-refractivity contribution in [3.8, 4) is 0 Å². The second kappa shape index (κ2) is 3.03. The molecule has 0 unspecified atom stereocenters. The summed E-state index contributed by atoms with van der Waals surface area (Å²) in [7, 11) is 0. The first-order chi connectivity index (χ1) is 6.90. The topological polar surface area (TPSA) is 4.93 Å². The molecule has 1 aromatic carbocycles. The molecule has 14 heavy (non-hydrogen) atoms. The van der Waals surface area contributed by atoms with Gasteiger partial charge in [0.1, 0.15) is 0 Å². The van der Waals surface area contributed by atoms with E-state index in [1.54, 1.807) is 0 Å². The standard InChI is InChI=1S/C12H12ClN/c13-7-10-8-14-6-2-4-9-3-1-5-11(10)12(9)14/h1,3,5,8H,2,4,6-7H2. The number of hydrogen-bond acceptors (Lipinski definition) is 0. The number of aryl methyl sites for hydroxylation is 2. The zero-order valence-corrected chi connectivity index (χ0v) is 8.72. The van der Waals surface area contributed by atoms with E-state index in [0.717, 1.165) is 6.54 Å². The van der Waals surface area contributed by atoms with E-state index < -0.39 is 0 Å². The maximum Gasteiger partial charge on any atom is 0.0516 e. The quantitative estimate of drug-likeness (QED) is 0.630. The van der Waals surface area contributed by atoms with E-state index in [1.807, 2.05) is 0 Å². The Morgan fingerprint density at radius 1 is 1.36 bits per heavy atom. The molecule has 0 saturated heterocycles. The molecule has 0 spiro atoms. The van der Waals surface area contributed by atoms with Gasteiger partial charge in [-0.1, -0.05) is 18.2 Å². The molecular formula is C12H12ClN. The summed E-state index contributed by atoms with van der Waals surface area (Å²) >= 11 is 5.94. The summed E-state index contributed by atoms with van der Waals surface area (Å²) in [5, 5.41) is 1.34. The molecule has 0 atom stereocenters. The molecular weight excluding hydrogens is 194 g/mol. The maximum absolute atomic E-state index is 5.94. The van der Waals surface area contributed by atoms with Crippen LogP contribution in [0, 0.1) is 0 Å². The number of aromatic nitrogens is 1. The van der Waals surface area contributed by atoms with E-state index in [9.17, 15) is 0 Å².